The van der Waals surface area contributed by atoms with E-state index < -0.39 is 36.0 Å². The minimum absolute atomic E-state index is 0.0770. The lowest BCUT2D eigenvalue weighted by Gasteiger charge is -2.25. The summed E-state index contributed by atoms with van der Waals surface area (Å²) in [5, 5.41) is 14.5. The summed E-state index contributed by atoms with van der Waals surface area (Å²) in [6, 6.07) is 16.2. The van der Waals surface area contributed by atoms with Gasteiger partial charge in [0.1, 0.15) is 25.2 Å². The molecule has 2 atom stereocenters. The maximum absolute atomic E-state index is 12.8. The smallest absolute Gasteiger partial charge is 0.407 e. The number of carboxylic acid groups (broad SMARTS) is 1. The van der Waals surface area contributed by atoms with E-state index in [0.717, 1.165) is 11.1 Å². The molecule has 33 heavy (non-hydrogen) atoms. The number of nitrogens with zero attached hydrogens (tertiary/aromatic N) is 1. The van der Waals surface area contributed by atoms with Crippen LogP contribution in [0.4, 0.5) is 4.79 Å². The molecular formula is C24H27N3O6. The Morgan fingerprint density at radius 3 is 2.27 bits per heavy atom. The van der Waals surface area contributed by atoms with E-state index in [1.54, 1.807) is 24.3 Å². The largest absolute Gasteiger partial charge is 0.480 e. The van der Waals surface area contributed by atoms with Crippen LogP contribution in [-0.2, 0) is 32.1 Å². The van der Waals surface area contributed by atoms with Crippen molar-refractivity contribution in [3.05, 3.63) is 71.8 Å². The SMILES string of the molecule is O=C(NCC(=O)N1CCC[C@H]1C(=O)N[C@@H](Cc1ccccc1)C(=O)O)OCc1ccccc1. The summed E-state index contributed by atoms with van der Waals surface area (Å²) in [5.41, 5.74) is 1.60. The standard InChI is InChI=1S/C24H27N3O6/c28-21(15-25-24(32)33-16-18-10-5-2-6-11-18)27-13-7-12-20(27)22(29)26-19(23(30)31)14-17-8-3-1-4-9-17/h1-6,8-11,19-20H,7,12-16H2,(H,25,32)(H,26,29)(H,30,31)/t19-,20-/m0/s1. The maximum Gasteiger partial charge on any atom is 0.407 e. The number of rotatable bonds is 9. The summed E-state index contributed by atoms with van der Waals surface area (Å²) in [5.74, 6) is -2.10. The Bertz CT molecular complexity index is 967. The van der Waals surface area contributed by atoms with Crippen LogP contribution in [0.5, 0.6) is 0 Å². The first-order valence-corrected chi connectivity index (χ1v) is 10.7. The highest BCUT2D eigenvalue weighted by atomic mass is 16.5. The van der Waals surface area contributed by atoms with Gasteiger partial charge in [0.05, 0.1) is 0 Å². The normalized spacial score (nSPS) is 16.0. The number of aliphatic carboxylic acids is 1. The Kier molecular flexibility index (Phi) is 8.40. The van der Waals surface area contributed by atoms with E-state index in [1.165, 1.54) is 4.90 Å². The van der Waals surface area contributed by atoms with Gasteiger partial charge in [-0.15, -0.1) is 0 Å². The number of hydrogen-bond donors (Lipinski definition) is 3. The fourth-order valence-electron chi connectivity index (χ4n) is 3.68. The van der Waals surface area contributed by atoms with Crippen LogP contribution >= 0.6 is 0 Å². The van der Waals surface area contributed by atoms with Gasteiger partial charge in [0, 0.05) is 13.0 Å². The minimum atomic E-state index is -1.15. The maximum atomic E-state index is 12.8. The second kappa shape index (κ2) is 11.7. The van der Waals surface area contributed by atoms with Crippen molar-refractivity contribution in [1.82, 2.24) is 15.5 Å². The number of alkyl carbamates (subject to hydrolysis) is 1. The van der Waals surface area contributed by atoms with Gasteiger partial charge in [0.15, 0.2) is 0 Å². The first-order chi connectivity index (χ1) is 15.9. The van der Waals surface area contributed by atoms with Crippen molar-refractivity contribution in [2.75, 3.05) is 13.1 Å². The third-order valence-corrected chi connectivity index (χ3v) is 5.37. The van der Waals surface area contributed by atoms with Crippen molar-refractivity contribution in [2.24, 2.45) is 0 Å². The van der Waals surface area contributed by atoms with Crippen LogP contribution in [0.2, 0.25) is 0 Å². The molecule has 0 unspecified atom stereocenters. The predicted molar refractivity (Wildman–Crippen MR) is 119 cm³/mol. The zero-order valence-electron chi connectivity index (χ0n) is 18.1. The summed E-state index contributed by atoms with van der Waals surface area (Å²) in [6.07, 6.45) is 0.435. The van der Waals surface area contributed by atoms with E-state index in [2.05, 4.69) is 10.6 Å². The van der Waals surface area contributed by atoms with Crippen molar-refractivity contribution in [3.63, 3.8) is 0 Å². The lowest BCUT2D eigenvalue weighted by atomic mass is 10.1. The van der Waals surface area contributed by atoms with E-state index in [4.69, 9.17) is 4.74 Å². The van der Waals surface area contributed by atoms with Crippen molar-refractivity contribution >= 4 is 23.9 Å². The van der Waals surface area contributed by atoms with Gasteiger partial charge >= 0.3 is 12.1 Å². The summed E-state index contributed by atoms with van der Waals surface area (Å²) in [4.78, 5) is 50.3. The molecule has 3 amide bonds. The average Bonchev–Trinajstić information content (AvgIpc) is 3.32. The Morgan fingerprint density at radius 1 is 1.00 bits per heavy atom. The number of carbonyl (C=O) groups excluding carboxylic acids is 3. The molecule has 0 radical (unpaired) electrons. The second-order valence-corrected chi connectivity index (χ2v) is 7.75. The van der Waals surface area contributed by atoms with Crippen LogP contribution < -0.4 is 10.6 Å². The molecule has 1 aliphatic rings. The molecule has 0 bridgehead atoms. The number of nitrogens with one attached hydrogen (secondary N) is 2. The van der Waals surface area contributed by atoms with Crippen LogP contribution in [0.1, 0.15) is 24.0 Å². The summed E-state index contributed by atoms with van der Waals surface area (Å²) >= 11 is 0. The molecule has 0 aliphatic carbocycles. The van der Waals surface area contributed by atoms with Gasteiger partial charge in [-0.2, -0.15) is 0 Å². The predicted octanol–water partition coefficient (Wildman–Crippen LogP) is 1.72. The first kappa shape index (κ1) is 23.8. The number of ether oxygens (including phenoxy) is 1. The highest BCUT2D eigenvalue weighted by molar-refractivity contribution is 5.92. The van der Waals surface area contributed by atoms with E-state index in [1.807, 2.05) is 36.4 Å². The van der Waals surface area contributed by atoms with Crippen LogP contribution in [0.3, 0.4) is 0 Å². The topological polar surface area (TPSA) is 125 Å². The van der Waals surface area contributed by atoms with Crippen LogP contribution in [0.15, 0.2) is 60.7 Å². The van der Waals surface area contributed by atoms with Gasteiger partial charge in [-0.25, -0.2) is 9.59 Å². The average molecular weight is 453 g/mol. The Morgan fingerprint density at radius 2 is 1.64 bits per heavy atom. The monoisotopic (exact) mass is 453 g/mol. The Hall–Kier alpha value is -3.88. The molecule has 9 nitrogen and oxygen atoms in total. The number of carbonyl (C=O) groups is 4. The molecule has 1 saturated heterocycles. The number of likely N-dealkylation sites (tertiary alicyclic amines) is 1. The lowest BCUT2D eigenvalue weighted by Crippen LogP contribution is -2.52. The fourth-order valence-corrected chi connectivity index (χ4v) is 3.68. The van der Waals surface area contributed by atoms with Gasteiger partial charge in [0.25, 0.3) is 0 Å². The number of hydrogen-bond acceptors (Lipinski definition) is 5. The van der Waals surface area contributed by atoms with Crippen molar-refractivity contribution in [3.8, 4) is 0 Å². The molecule has 0 saturated carbocycles. The summed E-state index contributed by atoms with van der Waals surface area (Å²) in [7, 11) is 0. The van der Waals surface area contributed by atoms with E-state index in [9.17, 15) is 24.3 Å². The number of benzene rings is 2. The van der Waals surface area contributed by atoms with Gasteiger partial charge < -0.3 is 25.4 Å². The molecule has 0 aromatic heterocycles. The molecular weight excluding hydrogens is 426 g/mol. The van der Waals surface area contributed by atoms with Crippen molar-refractivity contribution in [1.29, 1.82) is 0 Å². The van der Waals surface area contributed by atoms with Gasteiger partial charge in [-0.1, -0.05) is 60.7 Å². The second-order valence-electron chi connectivity index (χ2n) is 7.75. The fraction of sp³-hybridized carbons (Fsp3) is 0.333. The van der Waals surface area contributed by atoms with Crippen molar-refractivity contribution in [2.45, 2.75) is 38.0 Å². The van der Waals surface area contributed by atoms with Crippen LogP contribution in [0.25, 0.3) is 0 Å². The van der Waals surface area contributed by atoms with E-state index in [0.29, 0.717) is 19.4 Å². The number of carboxylic acids is 1. The highest BCUT2D eigenvalue weighted by Gasteiger charge is 2.35. The molecule has 1 aliphatic heterocycles. The molecule has 1 heterocycles. The zero-order valence-corrected chi connectivity index (χ0v) is 18.1. The Balaban J connectivity index is 1.49. The zero-order chi connectivity index (χ0) is 23.6. The van der Waals surface area contributed by atoms with Gasteiger partial charge in [-0.3, -0.25) is 9.59 Å². The van der Waals surface area contributed by atoms with E-state index >= 15 is 0 Å². The quantitative estimate of drug-likeness (QED) is 0.531. The molecule has 2 aromatic rings. The molecule has 9 heteroatoms. The third kappa shape index (κ3) is 7.06. The Labute approximate surface area is 191 Å². The van der Waals surface area contributed by atoms with Crippen LogP contribution in [-0.4, -0.2) is 59.1 Å². The minimum Gasteiger partial charge on any atom is -0.480 e. The highest BCUT2D eigenvalue weighted by Crippen LogP contribution is 2.18. The van der Waals surface area contributed by atoms with Crippen LogP contribution in [0, 0.1) is 0 Å². The summed E-state index contributed by atoms with van der Waals surface area (Å²) in [6.45, 7) is 0.117. The molecule has 1 fully saturated rings. The number of amides is 3. The van der Waals surface area contributed by atoms with Crippen molar-refractivity contribution < 1.29 is 29.0 Å². The van der Waals surface area contributed by atoms with Gasteiger partial charge in [-0.05, 0) is 24.0 Å². The van der Waals surface area contributed by atoms with E-state index in [-0.39, 0.29) is 19.6 Å². The molecule has 3 N–H and O–H groups in total. The third-order valence-electron chi connectivity index (χ3n) is 5.37. The lowest BCUT2D eigenvalue weighted by molar-refractivity contribution is -0.143. The molecule has 174 valence electrons. The first-order valence-electron chi connectivity index (χ1n) is 10.7. The summed E-state index contributed by atoms with van der Waals surface area (Å²) < 4.78 is 5.09. The molecule has 2 aromatic carbocycles. The molecule has 0 spiro atoms. The molecule has 3 rings (SSSR count). The van der Waals surface area contributed by atoms with Gasteiger partial charge in [0.2, 0.25) is 11.8 Å².